The Morgan fingerprint density at radius 3 is 3.00 bits per heavy atom. The quantitative estimate of drug-likeness (QED) is 0.729. The van der Waals surface area contributed by atoms with Gasteiger partial charge in [0.2, 0.25) is 0 Å². The smallest absolute Gasteiger partial charge is 0.0991 e. The van der Waals surface area contributed by atoms with Crippen molar-refractivity contribution in [2.45, 2.75) is 32.2 Å². The average Bonchev–Trinajstić information content (AvgIpc) is 2.59. The summed E-state index contributed by atoms with van der Waals surface area (Å²) >= 11 is 0. The molecule has 1 aromatic carbocycles. The summed E-state index contributed by atoms with van der Waals surface area (Å²) in [7, 11) is 0. The van der Waals surface area contributed by atoms with Crippen molar-refractivity contribution in [3.63, 3.8) is 0 Å². The van der Waals surface area contributed by atoms with E-state index in [0.29, 0.717) is 0 Å². The summed E-state index contributed by atoms with van der Waals surface area (Å²) in [6.45, 7) is 2.13. The number of benzene rings is 1. The van der Waals surface area contributed by atoms with Crippen LogP contribution >= 0.6 is 0 Å². The van der Waals surface area contributed by atoms with E-state index in [4.69, 9.17) is 11.0 Å². The van der Waals surface area contributed by atoms with Crippen LogP contribution in [-0.2, 0) is 12.8 Å². The molecule has 1 aliphatic carbocycles. The molecule has 2 rings (SSSR count). The Morgan fingerprint density at radius 1 is 1.57 bits per heavy atom. The first-order chi connectivity index (χ1) is 6.76. The largest absolute Gasteiger partial charge is 0.324 e. The predicted molar refractivity (Wildman–Crippen MR) is 55.8 cm³/mol. The average molecular weight is 186 g/mol. The predicted octanol–water partition coefficient (Wildman–Crippen LogP) is 2.07. The number of hydrogen-bond donors (Lipinski definition) is 1. The van der Waals surface area contributed by atoms with Crippen molar-refractivity contribution in [3.8, 4) is 6.07 Å². The molecule has 72 valence electrons. The molecule has 0 aliphatic heterocycles. The molecule has 1 aromatic rings. The fourth-order valence-electron chi connectivity index (χ4n) is 2.23. The highest BCUT2D eigenvalue weighted by atomic mass is 14.6. The molecule has 0 fully saturated rings. The monoisotopic (exact) mass is 186 g/mol. The molecule has 2 nitrogen and oxygen atoms in total. The summed E-state index contributed by atoms with van der Waals surface area (Å²) < 4.78 is 0. The molecule has 0 radical (unpaired) electrons. The number of aryl methyl sites for hydroxylation is 1. The van der Waals surface area contributed by atoms with Crippen molar-refractivity contribution in [1.29, 1.82) is 5.26 Å². The summed E-state index contributed by atoms with van der Waals surface area (Å²) in [5.41, 5.74) is 10.6. The van der Waals surface area contributed by atoms with Crippen LogP contribution in [0.5, 0.6) is 0 Å². The topological polar surface area (TPSA) is 49.8 Å². The van der Waals surface area contributed by atoms with Crippen LogP contribution in [0.25, 0.3) is 0 Å². The van der Waals surface area contributed by atoms with Gasteiger partial charge in [-0.15, -0.1) is 0 Å². The van der Waals surface area contributed by atoms with Gasteiger partial charge in [-0.3, -0.25) is 0 Å². The highest BCUT2D eigenvalue weighted by Crippen LogP contribution is 2.32. The standard InChI is InChI=1S/C12H14N2/c1-2-9-5-8(7-13)6-11-10(9)3-4-12(11)14/h5-6,12H,2-4,14H2,1H3. The third-order valence-corrected chi connectivity index (χ3v) is 2.99. The zero-order chi connectivity index (χ0) is 10.1. The van der Waals surface area contributed by atoms with Crippen molar-refractivity contribution in [2.75, 3.05) is 0 Å². The van der Waals surface area contributed by atoms with E-state index in [9.17, 15) is 0 Å². The number of fused-ring (bicyclic) bond motifs is 1. The molecule has 0 heterocycles. The van der Waals surface area contributed by atoms with Gasteiger partial charge in [-0.1, -0.05) is 6.92 Å². The SMILES string of the molecule is CCc1cc(C#N)cc2c1CCC2N. The first-order valence-electron chi connectivity index (χ1n) is 5.07. The second-order valence-electron chi connectivity index (χ2n) is 3.81. The van der Waals surface area contributed by atoms with Gasteiger partial charge >= 0.3 is 0 Å². The number of rotatable bonds is 1. The maximum atomic E-state index is 8.88. The summed E-state index contributed by atoms with van der Waals surface area (Å²) in [4.78, 5) is 0. The van der Waals surface area contributed by atoms with E-state index in [1.807, 2.05) is 12.1 Å². The lowest BCUT2D eigenvalue weighted by Crippen LogP contribution is -2.06. The van der Waals surface area contributed by atoms with Crippen LogP contribution in [0.15, 0.2) is 12.1 Å². The van der Waals surface area contributed by atoms with Gasteiger partial charge in [0.25, 0.3) is 0 Å². The van der Waals surface area contributed by atoms with E-state index >= 15 is 0 Å². The van der Waals surface area contributed by atoms with E-state index in [1.54, 1.807) is 0 Å². The maximum Gasteiger partial charge on any atom is 0.0991 e. The first kappa shape index (κ1) is 9.23. The Labute approximate surface area is 84.3 Å². The van der Waals surface area contributed by atoms with Crippen molar-refractivity contribution in [2.24, 2.45) is 5.73 Å². The van der Waals surface area contributed by atoms with Crippen molar-refractivity contribution in [3.05, 3.63) is 34.4 Å². The van der Waals surface area contributed by atoms with Gasteiger partial charge in [-0.25, -0.2) is 0 Å². The maximum absolute atomic E-state index is 8.88. The molecule has 0 bridgehead atoms. The molecular weight excluding hydrogens is 172 g/mol. The van der Waals surface area contributed by atoms with Crippen LogP contribution in [0.4, 0.5) is 0 Å². The lowest BCUT2D eigenvalue weighted by atomic mass is 9.97. The third kappa shape index (κ3) is 1.30. The van der Waals surface area contributed by atoms with Crippen LogP contribution in [0.1, 0.15) is 41.6 Å². The van der Waals surface area contributed by atoms with Gasteiger partial charge in [-0.2, -0.15) is 5.26 Å². The molecule has 1 atom stereocenters. The van der Waals surface area contributed by atoms with Gasteiger partial charge in [0.1, 0.15) is 0 Å². The fraction of sp³-hybridized carbons (Fsp3) is 0.417. The summed E-state index contributed by atoms with van der Waals surface area (Å²) in [5.74, 6) is 0. The Balaban J connectivity index is 2.59. The molecule has 2 N–H and O–H groups in total. The van der Waals surface area contributed by atoms with Crippen LogP contribution in [0, 0.1) is 11.3 Å². The molecule has 2 heteroatoms. The third-order valence-electron chi connectivity index (χ3n) is 2.99. The van der Waals surface area contributed by atoms with E-state index in [-0.39, 0.29) is 6.04 Å². The van der Waals surface area contributed by atoms with Gasteiger partial charge in [0.15, 0.2) is 0 Å². The molecule has 0 amide bonds. The fourth-order valence-corrected chi connectivity index (χ4v) is 2.23. The molecule has 14 heavy (non-hydrogen) atoms. The van der Waals surface area contributed by atoms with E-state index in [0.717, 1.165) is 24.8 Å². The Hall–Kier alpha value is -1.33. The molecule has 0 spiro atoms. The lowest BCUT2D eigenvalue weighted by Gasteiger charge is -2.09. The second kappa shape index (κ2) is 3.43. The van der Waals surface area contributed by atoms with Gasteiger partial charge in [-0.05, 0) is 48.1 Å². The minimum atomic E-state index is 0.142. The van der Waals surface area contributed by atoms with E-state index in [2.05, 4.69) is 13.0 Å². The number of nitrogens with zero attached hydrogens (tertiary/aromatic N) is 1. The Bertz CT molecular complexity index is 402. The summed E-state index contributed by atoms with van der Waals surface area (Å²) in [6, 6.07) is 6.29. The van der Waals surface area contributed by atoms with Crippen molar-refractivity contribution < 1.29 is 0 Å². The molecule has 0 saturated carbocycles. The summed E-state index contributed by atoms with van der Waals surface area (Å²) in [5, 5.41) is 8.88. The lowest BCUT2D eigenvalue weighted by molar-refractivity contribution is 0.713. The van der Waals surface area contributed by atoms with Crippen LogP contribution in [0.3, 0.4) is 0 Å². The summed E-state index contributed by atoms with van der Waals surface area (Å²) in [6.07, 6.45) is 3.09. The number of hydrogen-bond acceptors (Lipinski definition) is 2. The normalized spacial score (nSPS) is 19.1. The molecule has 1 unspecified atom stereocenters. The minimum Gasteiger partial charge on any atom is -0.324 e. The highest BCUT2D eigenvalue weighted by molar-refractivity contribution is 5.47. The zero-order valence-corrected chi connectivity index (χ0v) is 8.38. The number of nitrogens with two attached hydrogens (primary N) is 1. The molecular formula is C12H14N2. The Morgan fingerprint density at radius 2 is 2.36 bits per heavy atom. The second-order valence-corrected chi connectivity index (χ2v) is 3.81. The van der Waals surface area contributed by atoms with Gasteiger partial charge < -0.3 is 5.73 Å². The minimum absolute atomic E-state index is 0.142. The van der Waals surface area contributed by atoms with E-state index in [1.165, 1.54) is 16.7 Å². The van der Waals surface area contributed by atoms with Crippen molar-refractivity contribution >= 4 is 0 Å². The van der Waals surface area contributed by atoms with Crippen LogP contribution in [0.2, 0.25) is 0 Å². The Kier molecular flexibility index (Phi) is 2.26. The van der Waals surface area contributed by atoms with Gasteiger partial charge in [0.05, 0.1) is 11.6 Å². The van der Waals surface area contributed by atoms with Crippen LogP contribution in [-0.4, -0.2) is 0 Å². The molecule has 1 aliphatic rings. The highest BCUT2D eigenvalue weighted by Gasteiger charge is 2.21. The molecule has 0 aromatic heterocycles. The van der Waals surface area contributed by atoms with Gasteiger partial charge in [0, 0.05) is 6.04 Å². The molecule has 0 saturated heterocycles. The van der Waals surface area contributed by atoms with E-state index < -0.39 is 0 Å². The number of nitriles is 1. The zero-order valence-electron chi connectivity index (χ0n) is 8.38. The van der Waals surface area contributed by atoms with Crippen molar-refractivity contribution in [1.82, 2.24) is 0 Å². The first-order valence-corrected chi connectivity index (χ1v) is 5.07. The van der Waals surface area contributed by atoms with Crippen LogP contribution < -0.4 is 5.73 Å².